The van der Waals surface area contributed by atoms with Gasteiger partial charge in [0.2, 0.25) is 0 Å². The van der Waals surface area contributed by atoms with Gasteiger partial charge in [0.1, 0.15) is 0 Å². The van der Waals surface area contributed by atoms with Gasteiger partial charge in [-0.1, -0.05) is 6.92 Å². The number of hydrogen-bond donors (Lipinski definition) is 0. The Balaban J connectivity index is 2.59. The first-order valence-corrected chi connectivity index (χ1v) is 3.96. The molecule has 0 heterocycles. The molecule has 1 rings (SSSR count). The summed E-state index contributed by atoms with van der Waals surface area (Å²) in [5.74, 6) is 0. The van der Waals surface area contributed by atoms with Crippen LogP contribution < -0.4 is 0 Å². The average Bonchev–Trinajstić information content (AvgIpc) is 2.68. The van der Waals surface area contributed by atoms with Gasteiger partial charge in [-0.05, 0) is 38.7 Å². The molecule has 1 nitrogen and oxygen atoms in total. The molecule has 0 spiro atoms. The van der Waals surface area contributed by atoms with Crippen molar-refractivity contribution >= 4 is 5.71 Å². The molecular weight excluding hydrogens is 122 g/mol. The summed E-state index contributed by atoms with van der Waals surface area (Å²) in [4.78, 5) is 4.45. The minimum absolute atomic E-state index is 1.07. The molecule has 0 amide bonds. The van der Waals surface area contributed by atoms with Gasteiger partial charge in [0.25, 0.3) is 0 Å². The van der Waals surface area contributed by atoms with Crippen molar-refractivity contribution in [2.24, 2.45) is 4.99 Å². The molecule has 0 saturated heterocycles. The summed E-state index contributed by atoms with van der Waals surface area (Å²) < 4.78 is 0. The van der Waals surface area contributed by atoms with E-state index < -0.39 is 0 Å². The second-order valence-electron chi connectivity index (χ2n) is 2.89. The summed E-state index contributed by atoms with van der Waals surface area (Å²) in [5.41, 5.74) is 4.06. The second-order valence-corrected chi connectivity index (χ2v) is 2.89. The van der Waals surface area contributed by atoms with Crippen molar-refractivity contribution in [2.75, 3.05) is 0 Å². The SMILES string of the molecule is CCC(C)=NC(C)=C1CC1. The summed E-state index contributed by atoms with van der Waals surface area (Å²) >= 11 is 0. The van der Waals surface area contributed by atoms with Crippen molar-refractivity contribution in [2.45, 2.75) is 40.0 Å². The molecule has 0 aromatic carbocycles. The standard InChI is InChI=1S/C9H15N/c1-4-7(2)10-8(3)9-5-6-9/h4-6H2,1-3H3. The van der Waals surface area contributed by atoms with Gasteiger partial charge in [-0.3, -0.25) is 4.99 Å². The maximum Gasteiger partial charge on any atom is 0.0364 e. The Morgan fingerprint density at radius 2 is 2.00 bits per heavy atom. The summed E-state index contributed by atoms with van der Waals surface area (Å²) in [6.45, 7) is 6.34. The lowest BCUT2D eigenvalue weighted by Crippen LogP contribution is -1.86. The summed E-state index contributed by atoms with van der Waals surface area (Å²) in [7, 11) is 0. The fraction of sp³-hybridized carbons (Fsp3) is 0.667. The van der Waals surface area contributed by atoms with Gasteiger partial charge >= 0.3 is 0 Å². The number of nitrogens with zero attached hydrogens (tertiary/aromatic N) is 1. The highest BCUT2D eigenvalue weighted by Gasteiger charge is 2.13. The maximum absolute atomic E-state index is 4.45. The van der Waals surface area contributed by atoms with Crippen LogP contribution in [0.3, 0.4) is 0 Å². The van der Waals surface area contributed by atoms with Crippen LogP contribution in [0.1, 0.15) is 40.0 Å². The predicted octanol–water partition coefficient (Wildman–Crippen LogP) is 2.93. The molecule has 0 aliphatic heterocycles. The number of allylic oxidation sites excluding steroid dienone is 2. The van der Waals surface area contributed by atoms with Crippen LogP contribution in [0.15, 0.2) is 16.3 Å². The van der Waals surface area contributed by atoms with Gasteiger partial charge in [-0.15, -0.1) is 0 Å². The quantitative estimate of drug-likeness (QED) is 0.519. The highest BCUT2D eigenvalue weighted by molar-refractivity contribution is 5.82. The molecule has 1 aliphatic carbocycles. The molecule has 0 N–H and O–H groups in total. The van der Waals surface area contributed by atoms with E-state index in [-0.39, 0.29) is 0 Å². The zero-order valence-electron chi connectivity index (χ0n) is 7.07. The molecule has 10 heavy (non-hydrogen) atoms. The fourth-order valence-electron chi connectivity index (χ4n) is 0.869. The first-order chi connectivity index (χ1) is 4.74. The normalized spacial score (nSPS) is 17.5. The molecule has 0 radical (unpaired) electrons. The van der Waals surface area contributed by atoms with Crippen LogP contribution >= 0.6 is 0 Å². The third kappa shape index (κ3) is 1.98. The minimum atomic E-state index is 1.07. The molecular formula is C9H15N. The lowest BCUT2D eigenvalue weighted by molar-refractivity contribution is 1.19. The highest BCUT2D eigenvalue weighted by atomic mass is 14.8. The first kappa shape index (κ1) is 7.52. The fourth-order valence-corrected chi connectivity index (χ4v) is 0.869. The third-order valence-corrected chi connectivity index (χ3v) is 1.88. The van der Waals surface area contributed by atoms with Crippen LogP contribution in [0, 0.1) is 0 Å². The van der Waals surface area contributed by atoms with E-state index in [1.54, 1.807) is 5.57 Å². The Bertz CT molecular complexity index is 181. The zero-order chi connectivity index (χ0) is 7.56. The lowest BCUT2D eigenvalue weighted by atomic mass is 10.3. The van der Waals surface area contributed by atoms with Crippen LogP contribution in [0.4, 0.5) is 0 Å². The molecule has 0 aromatic rings. The smallest absolute Gasteiger partial charge is 0.0364 e. The van der Waals surface area contributed by atoms with Gasteiger partial charge in [-0.2, -0.15) is 0 Å². The van der Waals surface area contributed by atoms with E-state index in [4.69, 9.17) is 0 Å². The maximum atomic E-state index is 4.45. The number of hydrogen-bond acceptors (Lipinski definition) is 1. The van der Waals surface area contributed by atoms with Crippen molar-refractivity contribution in [1.29, 1.82) is 0 Å². The van der Waals surface area contributed by atoms with E-state index >= 15 is 0 Å². The number of aliphatic imine (C=N–C) groups is 1. The van der Waals surface area contributed by atoms with Gasteiger partial charge in [-0.25, -0.2) is 0 Å². The first-order valence-electron chi connectivity index (χ1n) is 3.96. The van der Waals surface area contributed by atoms with Crippen LogP contribution in [0.5, 0.6) is 0 Å². The monoisotopic (exact) mass is 137 g/mol. The summed E-state index contributed by atoms with van der Waals surface area (Å²) in [6.07, 6.45) is 3.64. The molecule has 0 atom stereocenters. The van der Waals surface area contributed by atoms with E-state index in [2.05, 4.69) is 25.8 Å². The van der Waals surface area contributed by atoms with Crippen molar-refractivity contribution < 1.29 is 0 Å². The molecule has 0 unspecified atom stereocenters. The van der Waals surface area contributed by atoms with Crippen molar-refractivity contribution in [3.05, 3.63) is 11.3 Å². The van der Waals surface area contributed by atoms with Crippen molar-refractivity contribution in [1.82, 2.24) is 0 Å². The second kappa shape index (κ2) is 3.00. The molecule has 1 saturated carbocycles. The Kier molecular flexibility index (Phi) is 2.25. The zero-order valence-corrected chi connectivity index (χ0v) is 7.07. The van der Waals surface area contributed by atoms with Crippen LogP contribution in [0.2, 0.25) is 0 Å². The van der Waals surface area contributed by atoms with E-state index in [0.717, 1.165) is 6.42 Å². The van der Waals surface area contributed by atoms with E-state index in [9.17, 15) is 0 Å². The van der Waals surface area contributed by atoms with E-state index in [1.165, 1.54) is 24.3 Å². The van der Waals surface area contributed by atoms with Crippen LogP contribution in [-0.4, -0.2) is 5.71 Å². The molecule has 0 bridgehead atoms. The largest absolute Gasteiger partial charge is 0.263 e. The molecule has 0 aromatic heterocycles. The summed E-state index contributed by atoms with van der Waals surface area (Å²) in [5, 5.41) is 0. The van der Waals surface area contributed by atoms with E-state index in [0.29, 0.717) is 0 Å². The van der Waals surface area contributed by atoms with Gasteiger partial charge in [0.15, 0.2) is 0 Å². The lowest BCUT2D eigenvalue weighted by Gasteiger charge is -1.94. The van der Waals surface area contributed by atoms with Crippen molar-refractivity contribution in [3.8, 4) is 0 Å². The topological polar surface area (TPSA) is 12.4 Å². The van der Waals surface area contributed by atoms with Gasteiger partial charge < -0.3 is 0 Å². The molecule has 1 aliphatic rings. The van der Waals surface area contributed by atoms with Gasteiger partial charge in [0, 0.05) is 11.4 Å². The van der Waals surface area contributed by atoms with E-state index in [1.807, 2.05) is 0 Å². The Labute approximate surface area is 62.9 Å². The molecule has 1 fully saturated rings. The van der Waals surface area contributed by atoms with Crippen LogP contribution in [0.25, 0.3) is 0 Å². The summed E-state index contributed by atoms with van der Waals surface area (Å²) in [6, 6.07) is 0. The minimum Gasteiger partial charge on any atom is -0.263 e. The Morgan fingerprint density at radius 3 is 2.40 bits per heavy atom. The molecule has 1 heteroatoms. The Hall–Kier alpha value is -0.590. The molecule has 56 valence electrons. The number of rotatable bonds is 2. The van der Waals surface area contributed by atoms with Crippen molar-refractivity contribution in [3.63, 3.8) is 0 Å². The van der Waals surface area contributed by atoms with Gasteiger partial charge in [0.05, 0.1) is 0 Å². The highest BCUT2D eigenvalue weighted by Crippen LogP contribution is 2.31. The Morgan fingerprint density at radius 1 is 1.40 bits per heavy atom. The van der Waals surface area contributed by atoms with Crippen LogP contribution in [-0.2, 0) is 0 Å². The predicted molar refractivity (Wildman–Crippen MR) is 45.3 cm³/mol. The average molecular weight is 137 g/mol. The third-order valence-electron chi connectivity index (χ3n) is 1.88.